The molecule has 244 valence electrons. The number of anilines is 3. The molecular formula is C45H28N6O. The minimum absolute atomic E-state index is 0.643. The molecule has 0 radical (unpaired) electrons. The summed E-state index contributed by atoms with van der Waals surface area (Å²) in [6, 6.07) is 51.6. The number of para-hydroxylation sites is 5. The molecule has 0 amide bonds. The maximum atomic E-state index is 6.26. The predicted octanol–water partition coefficient (Wildman–Crippen LogP) is 11.3. The van der Waals surface area contributed by atoms with Crippen LogP contribution in [0.2, 0.25) is 0 Å². The Morgan fingerprint density at radius 2 is 0.904 bits per heavy atom. The van der Waals surface area contributed by atoms with Crippen molar-refractivity contribution in [1.29, 1.82) is 0 Å². The number of aromatic nitrogens is 5. The zero-order valence-corrected chi connectivity index (χ0v) is 27.8. The van der Waals surface area contributed by atoms with Gasteiger partial charge in [-0.1, -0.05) is 78.9 Å². The summed E-state index contributed by atoms with van der Waals surface area (Å²) in [5.41, 5.74) is 13.7. The zero-order chi connectivity index (χ0) is 34.4. The van der Waals surface area contributed by atoms with Crippen LogP contribution in [0.3, 0.4) is 0 Å². The molecule has 4 aromatic heterocycles. The van der Waals surface area contributed by atoms with Gasteiger partial charge in [0.2, 0.25) is 5.71 Å². The first kappa shape index (κ1) is 29.6. The molecule has 0 saturated carbocycles. The normalized spacial score (nSPS) is 11.5. The van der Waals surface area contributed by atoms with Gasteiger partial charge in [-0.2, -0.15) is 0 Å². The van der Waals surface area contributed by atoms with Gasteiger partial charge in [-0.25, -0.2) is 15.0 Å². The van der Waals surface area contributed by atoms with Crippen LogP contribution in [-0.4, -0.2) is 24.9 Å². The fourth-order valence-corrected chi connectivity index (χ4v) is 6.85. The van der Waals surface area contributed by atoms with Crippen molar-refractivity contribution in [1.82, 2.24) is 24.9 Å². The van der Waals surface area contributed by atoms with Crippen molar-refractivity contribution in [3.05, 3.63) is 170 Å². The molecule has 0 aliphatic rings. The van der Waals surface area contributed by atoms with Crippen molar-refractivity contribution in [2.75, 3.05) is 4.90 Å². The van der Waals surface area contributed by atoms with Gasteiger partial charge in [0, 0.05) is 50.7 Å². The fourth-order valence-electron chi connectivity index (χ4n) is 6.85. The van der Waals surface area contributed by atoms with Crippen molar-refractivity contribution in [2.45, 2.75) is 0 Å². The first-order valence-electron chi connectivity index (χ1n) is 17.1. The largest absolute Gasteiger partial charge is 0.437 e. The summed E-state index contributed by atoms with van der Waals surface area (Å²) in [6.07, 6.45) is 5.43. The van der Waals surface area contributed by atoms with E-state index in [-0.39, 0.29) is 0 Å². The maximum absolute atomic E-state index is 6.26. The Hall–Kier alpha value is -7.25. The second-order valence-corrected chi connectivity index (χ2v) is 12.6. The van der Waals surface area contributed by atoms with Crippen LogP contribution in [0.4, 0.5) is 17.1 Å². The molecule has 6 aromatic carbocycles. The zero-order valence-electron chi connectivity index (χ0n) is 27.8. The minimum atomic E-state index is 0.643. The molecule has 0 atom stereocenters. The summed E-state index contributed by atoms with van der Waals surface area (Å²) in [5, 5.41) is 2.07. The number of rotatable bonds is 6. The lowest BCUT2D eigenvalue weighted by Gasteiger charge is -2.26. The average molecular weight is 669 g/mol. The van der Waals surface area contributed by atoms with Crippen molar-refractivity contribution in [2.24, 2.45) is 0 Å². The number of benzene rings is 6. The minimum Gasteiger partial charge on any atom is -0.437 e. The van der Waals surface area contributed by atoms with E-state index in [1.807, 2.05) is 67.0 Å². The lowest BCUT2D eigenvalue weighted by atomic mass is 10.0. The van der Waals surface area contributed by atoms with Gasteiger partial charge in [0.05, 0.1) is 45.8 Å². The molecule has 7 heteroatoms. The molecule has 10 rings (SSSR count). The summed E-state index contributed by atoms with van der Waals surface area (Å²) in [4.78, 5) is 25.7. The van der Waals surface area contributed by atoms with E-state index in [2.05, 4.69) is 117 Å². The van der Waals surface area contributed by atoms with E-state index in [4.69, 9.17) is 14.4 Å². The molecule has 0 unspecified atom stereocenters. The van der Waals surface area contributed by atoms with Crippen LogP contribution in [0.1, 0.15) is 0 Å². The lowest BCUT2D eigenvalue weighted by Crippen LogP contribution is -2.09. The van der Waals surface area contributed by atoms with E-state index in [0.717, 1.165) is 89.1 Å². The third-order valence-corrected chi connectivity index (χ3v) is 9.45. The molecule has 0 fully saturated rings. The highest BCUT2D eigenvalue weighted by Crippen LogP contribution is 2.39. The summed E-state index contributed by atoms with van der Waals surface area (Å²) < 4.78 is 6.26. The van der Waals surface area contributed by atoms with Crippen LogP contribution in [0.5, 0.6) is 0 Å². The summed E-state index contributed by atoms with van der Waals surface area (Å²) >= 11 is 0. The Labute approximate surface area is 298 Å². The molecule has 0 aliphatic carbocycles. The number of furan rings is 1. The maximum Gasteiger partial charge on any atom is 0.227 e. The first-order chi connectivity index (χ1) is 25.7. The van der Waals surface area contributed by atoms with E-state index < -0.39 is 0 Å². The Bertz CT molecular complexity index is 2780. The quantitative estimate of drug-likeness (QED) is 0.174. The monoisotopic (exact) mass is 668 g/mol. The third kappa shape index (κ3) is 5.20. The molecule has 0 spiro atoms. The Balaban J connectivity index is 1.04. The van der Waals surface area contributed by atoms with Crippen LogP contribution in [0, 0.1) is 0 Å². The molecule has 7 nitrogen and oxygen atoms in total. The van der Waals surface area contributed by atoms with Gasteiger partial charge < -0.3 is 9.32 Å². The molecule has 52 heavy (non-hydrogen) atoms. The van der Waals surface area contributed by atoms with E-state index in [9.17, 15) is 0 Å². The van der Waals surface area contributed by atoms with Gasteiger partial charge in [-0.05, 0) is 78.4 Å². The second-order valence-electron chi connectivity index (χ2n) is 12.6. The summed E-state index contributed by atoms with van der Waals surface area (Å²) in [5.74, 6) is 0. The molecule has 0 N–H and O–H groups in total. The number of hydrogen-bond acceptors (Lipinski definition) is 7. The molecule has 0 bridgehead atoms. The highest BCUT2D eigenvalue weighted by Gasteiger charge is 2.17. The van der Waals surface area contributed by atoms with E-state index in [1.165, 1.54) is 0 Å². The SMILES string of the molecule is c1ccc2nc(-c3ccc(N(c4ccc(-c5cnc6ccccc6n5)cc4)c4ccc(-c5cccc6c5oc5ncccc56)cc4)cc3)cnc2c1. The fraction of sp³-hybridized carbons (Fsp3) is 0. The van der Waals surface area contributed by atoms with E-state index in [1.54, 1.807) is 6.20 Å². The highest BCUT2D eigenvalue weighted by molar-refractivity contribution is 6.08. The van der Waals surface area contributed by atoms with Crippen LogP contribution in [0.25, 0.3) is 77.8 Å². The molecule has 10 aromatic rings. The summed E-state index contributed by atoms with van der Waals surface area (Å²) in [7, 11) is 0. The van der Waals surface area contributed by atoms with Crippen molar-refractivity contribution in [3.8, 4) is 33.6 Å². The van der Waals surface area contributed by atoms with Crippen LogP contribution >= 0.6 is 0 Å². The van der Waals surface area contributed by atoms with Crippen LogP contribution in [-0.2, 0) is 0 Å². The Morgan fingerprint density at radius 3 is 1.46 bits per heavy atom. The molecule has 4 heterocycles. The third-order valence-electron chi connectivity index (χ3n) is 9.45. The lowest BCUT2D eigenvalue weighted by molar-refractivity contribution is 0.655. The topological polar surface area (TPSA) is 80.8 Å². The molecular weight excluding hydrogens is 641 g/mol. The van der Waals surface area contributed by atoms with Crippen molar-refractivity contribution in [3.63, 3.8) is 0 Å². The van der Waals surface area contributed by atoms with Gasteiger partial charge in [0.25, 0.3) is 0 Å². The van der Waals surface area contributed by atoms with Gasteiger partial charge in [-0.3, -0.25) is 9.97 Å². The van der Waals surface area contributed by atoms with Gasteiger partial charge in [0.15, 0.2) is 0 Å². The van der Waals surface area contributed by atoms with E-state index in [0.29, 0.717) is 5.71 Å². The number of pyridine rings is 1. The van der Waals surface area contributed by atoms with Gasteiger partial charge in [-0.15, -0.1) is 0 Å². The van der Waals surface area contributed by atoms with E-state index >= 15 is 0 Å². The second kappa shape index (κ2) is 12.3. The Morgan fingerprint density at radius 1 is 0.404 bits per heavy atom. The Kier molecular flexibility index (Phi) is 6.99. The number of hydrogen-bond donors (Lipinski definition) is 0. The smallest absolute Gasteiger partial charge is 0.227 e. The number of nitrogens with zero attached hydrogens (tertiary/aromatic N) is 6. The van der Waals surface area contributed by atoms with Gasteiger partial charge in [0.1, 0.15) is 5.58 Å². The average Bonchev–Trinajstić information content (AvgIpc) is 3.61. The van der Waals surface area contributed by atoms with Crippen LogP contribution < -0.4 is 4.90 Å². The number of fused-ring (bicyclic) bond motifs is 5. The first-order valence-corrected chi connectivity index (χ1v) is 17.1. The standard InChI is InChI=1S/C45H28N6O/c1-3-12-40-38(10-1)47-27-42(49-40)30-16-22-33(23-17-30)51(34-24-18-31(19-25-34)43-28-48-39-11-2-4-13-41(39)50-43)32-20-14-29(15-21-32)35-7-5-8-36-37-9-6-26-46-45(37)52-44(35)36/h1-28H. The van der Waals surface area contributed by atoms with Crippen molar-refractivity contribution < 1.29 is 4.42 Å². The van der Waals surface area contributed by atoms with Crippen molar-refractivity contribution >= 4 is 61.2 Å². The van der Waals surface area contributed by atoms with Gasteiger partial charge >= 0.3 is 0 Å². The predicted molar refractivity (Wildman–Crippen MR) is 209 cm³/mol. The van der Waals surface area contributed by atoms with Crippen LogP contribution in [0.15, 0.2) is 175 Å². The highest BCUT2D eigenvalue weighted by atomic mass is 16.3. The molecule has 0 aliphatic heterocycles. The summed E-state index contributed by atoms with van der Waals surface area (Å²) in [6.45, 7) is 0. The molecule has 0 saturated heterocycles.